The van der Waals surface area contributed by atoms with E-state index in [0.29, 0.717) is 0 Å². The van der Waals surface area contributed by atoms with Crippen LogP contribution < -0.4 is 4.90 Å². The van der Waals surface area contributed by atoms with E-state index < -0.39 is 0 Å². The van der Waals surface area contributed by atoms with Crippen LogP contribution in [0.1, 0.15) is 25.6 Å². The molecule has 0 aliphatic carbocycles. The molecule has 26 heavy (non-hydrogen) atoms. The van der Waals surface area contributed by atoms with Crippen molar-refractivity contribution in [2.75, 3.05) is 38.1 Å². The molecule has 1 aromatic carbocycles. The number of aryl methyl sites for hydroxylation is 1. The first kappa shape index (κ1) is 17.0. The molecule has 136 valence electrons. The molecule has 2 aromatic heterocycles. The summed E-state index contributed by atoms with van der Waals surface area (Å²) in [4.78, 5) is 14.6. The molecule has 1 saturated heterocycles. The second-order valence-electron chi connectivity index (χ2n) is 6.99. The van der Waals surface area contributed by atoms with Crippen molar-refractivity contribution in [1.29, 1.82) is 0 Å². The van der Waals surface area contributed by atoms with Crippen molar-refractivity contribution < 1.29 is 0 Å². The van der Waals surface area contributed by atoms with Gasteiger partial charge in [0.15, 0.2) is 5.65 Å². The van der Waals surface area contributed by atoms with Crippen molar-refractivity contribution in [1.82, 2.24) is 24.6 Å². The van der Waals surface area contributed by atoms with Crippen LogP contribution in [0.5, 0.6) is 0 Å². The van der Waals surface area contributed by atoms with Gasteiger partial charge in [-0.3, -0.25) is 0 Å². The van der Waals surface area contributed by atoms with Gasteiger partial charge in [-0.2, -0.15) is 5.10 Å². The number of hydrogen-bond acceptors (Lipinski definition) is 5. The summed E-state index contributed by atoms with van der Waals surface area (Å²) in [5, 5.41) is 5.68. The molecular formula is C20H26N6. The number of fused-ring (bicyclic) bond motifs is 1. The maximum absolute atomic E-state index is 4.93. The van der Waals surface area contributed by atoms with Crippen molar-refractivity contribution in [3.63, 3.8) is 0 Å². The van der Waals surface area contributed by atoms with Crippen LogP contribution in [0, 0.1) is 0 Å². The lowest BCUT2D eigenvalue weighted by Gasteiger charge is -2.22. The van der Waals surface area contributed by atoms with Gasteiger partial charge in [0, 0.05) is 26.1 Å². The van der Waals surface area contributed by atoms with E-state index in [1.54, 1.807) is 0 Å². The highest BCUT2D eigenvalue weighted by Crippen LogP contribution is 2.27. The predicted molar refractivity (Wildman–Crippen MR) is 105 cm³/mol. The second-order valence-corrected chi connectivity index (χ2v) is 6.99. The lowest BCUT2D eigenvalue weighted by Crippen LogP contribution is -2.29. The van der Waals surface area contributed by atoms with Crippen LogP contribution >= 0.6 is 0 Å². The number of benzene rings is 1. The summed E-state index contributed by atoms with van der Waals surface area (Å²) in [6, 6.07) is 10.2. The van der Waals surface area contributed by atoms with E-state index in [1.165, 1.54) is 0 Å². The first-order valence-electron chi connectivity index (χ1n) is 9.50. The SMILES string of the molecule is CCCc1nc(N2CCCN(C)CC2)c2cnn(-c3ccccc3)c2n1. The van der Waals surface area contributed by atoms with Crippen LogP contribution in [0.3, 0.4) is 0 Å². The number of hydrogen-bond donors (Lipinski definition) is 0. The minimum absolute atomic E-state index is 0.886. The molecule has 3 heterocycles. The minimum atomic E-state index is 0.886. The van der Waals surface area contributed by atoms with Gasteiger partial charge < -0.3 is 9.80 Å². The Bertz CT molecular complexity index is 873. The fourth-order valence-corrected chi connectivity index (χ4v) is 3.53. The highest BCUT2D eigenvalue weighted by Gasteiger charge is 2.20. The maximum atomic E-state index is 4.93. The summed E-state index contributed by atoms with van der Waals surface area (Å²) in [5.41, 5.74) is 1.94. The number of anilines is 1. The van der Waals surface area contributed by atoms with Crippen molar-refractivity contribution in [3.8, 4) is 5.69 Å². The number of nitrogens with zero attached hydrogens (tertiary/aromatic N) is 6. The molecule has 0 radical (unpaired) electrons. The minimum Gasteiger partial charge on any atom is -0.355 e. The molecule has 6 nitrogen and oxygen atoms in total. The van der Waals surface area contributed by atoms with E-state index in [1.807, 2.05) is 29.1 Å². The quantitative estimate of drug-likeness (QED) is 0.724. The smallest absolute Gasteiger partial charge is 0.168 e. The Hall–Kier alpha value is -2.47. The molecule has 0 spiro atoms. The average molecular weight is 350 g/mol. The third kappa shape index (κ3) is 3.29. The van der Waals surface area contributed by atoms with Gasteiger partial charge in [0.05, 0.1) is 17.3 Å². The molecule has 0 bridgehead atoms. The van der Waals surface area contributed by atoms with E-state index in [2.05, 4.69) is 41.0 Å². The summed E-state index contributed by atoms with van der Waals surface area (Å²) in [5.74, 6) is 1.95. The van der Waals surface area contributed by atoms with Crippen molar-refractivity contribution in [2.24, 2.45) is 0 Å². The zero-order valence-electron chi connectivity index (χ0n) is 15.6. The summed E-state index contributed by atoms with van der Waals surface area (Å²) in [6.07, 6.45) is 4.99. The van der Waals surface area contributed by atoms with E-state index in [4.69, 9.17) is 9.97 Å². The van der Waals surface area contributed by atoms with Gasteiger partial charge in [0.25, 0.3) is 0 Å². The van der Waals surface area contributed by atoms with Crippen molar-refractivity contribution >= 4 is 16.9 Å². The van der Waals surface area contributed by atoms with Crippen LogP contribution in [-0.2, 0) is 6.42 Å². The fraction of sp³-hybridized carbons (Fsp3) is 0.450. The van der Waals surface area contributed by atoms with E-state index in [9.17, 15) is 0 Å². The molecule has 0 saturated carbocycles. The molecule has 3 aromatic rings. The number of rotatable bonds is 4. The van der Waals surface area contributed by atoms with Crippen molar-refractivity contribution in [2.45, 2.75) is 26.2 Å². The first-order valence-corrected chi connectivity index (χ1v) is 9.50. The first-order chi connectivity index (χ1) is 12.8. The Morgan fingerprint density at radius 2 is 1.85 bits per heavy atom. The monoisotopic (exact) mass is 350 g/mol. The average Bonchev–Trinajstić information content (AvgIpc) is 2.97. The lowest BCUT2D eigenvalue weighted by molar-refractivity contribution is 0.360. The molecule has 1 fully saturated rings. The highest BCUT2D eigenvalue weighted by atomic mass is 15.3. The summed E-state index contributed by atoms with van der Waals surface area (Å²) in [7, 11) is 2.19. The topological polar surface area (TPSA) is 50.1 Å². The van der Waals surface area contributed by atoms with Gasteiger partial charge >= 0.3 is 0 Å². The van der Waals surface area contributed by atoms with Gasteiger partial charge in [-0.15, -0.1) is 0 Å². The third-order valence-corrected chi connectivity index (χ3v) is 4.95. The number of para-hydroxylation sites is 1. The molecular weight excluding hydrogens is 324 g/mol. The molecule has 0 atom stereocenters. The number of likely N-dealkylation sites (N-methyl/N-ethyl adjacent to an activating group) is 1. The third-order valence-electron chi connectivity index (χ3n) is 4.95. The molecule has 1 aliphatic heterocycles. The Balaban J connectivity index is 1.82. The van der Waals surface area contributed by atoms with Crippen LogP contribution in [0.2, 0.25) is 0 Å². The van der Waals surface area contributed by atoms with Gasteiger partial charge in [0.1, 0.15) is 11.6 Å². The molecule has 0 amide bonds. The van der Waals surface area contributed by atoms with Crippen LogP contribution in [0.4, 0.5) is 5.82 Å². The van der Waals surface area contributed by atoms with Gasteiger partial charge in [0.2, 0.25) is 0 Å². The van der Waals surface area contributed by atoms with Gasteiger partial charge in [-0.05, 0) is 38.6 Å². The standard InChI is InChI=1S/C20H26N6/c1-3-8-18-22-19(25-12-7-11-24(2)13-14-25)17-15-21-26(20(17)23-18)16-9-5-4-6-10-16/h4-6,9-10,15H,3,7-8,11-14H2,1-2H3. The summed E-state index contributed by atoms with van der Waals surface area (Å²) >= 11 is 0. The molecule has 0 N–H and O–H groups in total. The predicted octanol–water partition coefficient (Wildman–Crippen LogP) is 2.91. The van der Waals surface area contributed by atoms with E-state index in [0.717, 1.165) is 73.8 Å². The Morgan fingerprint density at radius 1 is 1.00 bits per heavy atom. The molecule has 4 rings (SSSR count). The Labute approximate surface area is 154 Å². The molecule has 0 unspecified atom stereocenters. The van der Waals surface area contributed by atoms with E-state index in [-0.39, 0.29) is 0 Å². The number of aromatic nitrogens is 4. The van der Waals surface area contributed by atoms with Crippen molar-refractivity contribution in [3.05, 3.63) is 42.4 Å². The van der Waals surface area contributed by atoms with Gasteiger partial charge in [-0.1, -0.05) is 25.1 Å². The van der Waals surface area contributed by atoms with E-state index >= 15 is 0 Å². The Morgan fingerprint density at radius 3 is 2.65 bits per heavy atom. The Kier molecular flexibility index (Phi) is 4.84. The second kappa shape index (κ2) is 7.41. The molecule has 6 heteroatoms. The largest absolute Gasteiger partial charge is 0.355 e. The lowest BCUT2D eigenvalue weighted by atomic mass is 10.2. The zero-order chi connectivity index (χ0) is 17.9. The molecule has 1 aliphatic rings. The normalized spacial score (nSPS) is 16.2. The van der Waals surface area contributed by atoms with Crippen LogP contribution in [0.15, 0.2) is 36.5 Å². The zero-order valence-corrected chi connectivity index (χ0v) is 15.6. The summed E-state index contributed by atoms with van der Waals surface area (Å²) in [6.45, 7) is 6.38. The highest BCUT2D eigenvalue weighted by molar-refractivity contribution is 5.88. The van der Waals surface area contributed by atoms with Crippen LogP contribution in [0.25, 0.3) is 16.7 Å². The fourth-order valence-electron chi connectivity index (χ4n) is 3.53. The summed E-state index contributed by atoms with van der Waals surface area (Å²) < 4.78 is 1.93. The van der Waals surface area contributed by atoms with Gasteiger partial charge in [-0.25, -0.2) is 14.6 Å². The maximum Gasteiger partial charge on any atom is 0.168 e. The van der Waals surface area contributed by atoms with Crippen LogP contribution in [-0.4, -0.2) is 57.9 Å².